The molecule has 0 spiro atoms. The first-order chi connectivity index (χ1) is 6.61. The molecule has 0 saturated heterocycles. The van der Waals surface area contributed by atoms with Gasteiger partial charge in [0.2, 0.25) is 5.91 Å². The summed E-state index contributed by atoms with van der Waals surface area (Å²) in [5.74, 6) is 0.0914. The van der Waals surface area contributed by atoms with Crippen LogP contribution in [0.5, 0.6) is 0 Å². The van der Waals surface area contributed by atoms with Gasteiger partial charge in [0.05, 0.1) is 0 Å². The van der Waals surface area contributed by atoms with E-state index >= 15 is 0 Å². The van der Waals surface area contributed by atoms with Crippen molar-refractivity contribution >= 4 is 5.91 Å². The Bertz CT molecular complexity index is 280. The van der Waals surface area contributed by atoms with Crippen LogP contribution in [0.1, 0.15) is 13.8 Å². The van der Waals surface area contributed by atoms with Crippen molar-refractivity contribution < 1.29 is 4.79 Å². The van der Waals surface area contributed by atoms with Gasteiger partial charge in [0, 0.05) is 25.5 Å². The number of nitrogens with one attached hydrogen (secondary N) is 1. The molecule has 0 fully saturated rings. The molecule has 0 unspecified atom stereocenters. The maximum atomic E-state index is 11.5. The molecule has 1 aromatic rings. The first kappa shape index (κ1) is 10.6. The highest BCUT2D eigenvalue weighted by molar-refractivity contribution is 5.79. The van der Waals surface area contributed by atoms with Gasteiger partial charge in [0.15, 0.2) is 0 Å². The fourth-order valence-corrected chi connectivity index (χ4v) is 1.01. The molecule has 0 radical (unpaired) electrons. The molecule has 0 aliphatic rings. The highest BCUT2D eigenvalue weighted by Crippen LogP contribution is 1.94. The number of hydrogen-bond acceptors (Lipinski definition) is 2. The summed E-state index contributed by atoms with van der Waals surface area (Å²) in [5, 5.41) is 0. The second kappa shape index (κ2) is 4.69. The summed E-state index contributed by atoms with van der Waals surface area (Å²) in [4.78, 5) is 13.2. The average molecular weight is 195 g/mol. The zero-order chi connectivity index (χ0) is 10.6. The SMILES string of the molecule is CC(C)N(C)C(=O)CNn1cccc1. The Labute approximate surface area is 84.5 Å². The van der Waals surface area contributed by atoms with Crippen molar-refractivity contribution in [2.24, 2.45) is 0 Å². The number of amides is 1. The maximum absolute atomic E-state index is 11.5. The first-order valence-electron chi connectivity index (χ1n) is 4.73. The predicted octanol–water partition coefficient (Wildman–Crippen LogP) is 0.898. The second-order valence-electron chi connectivity index (χ2n) is 3.52. The molecule has 0 atom stereocenters. The van der Waals surface area contributed by atoms with Crippen molar-refractivity contribution in [2.75, 3.05) is 19.0 Å². The van der Waals surface area contributed by atoms with Gasteiger partial charge in [-0.3, -0.25) is 9.47 Å². The van der Waals surface area contributed by atoms with Crippen molar-refractivity contribution in [1.29, 1.82) is 0 Å². The van der Waals surface area contributed by atoms with E-state index in [0.29, 0.717) is 6.54 Å². The molecule has 1 rings (SSSR count). The fraction of sp³-hybridized carbons (Fsp3) is 0.500. The van der Waals surface area contributed by atoms with Crippen LogP contribution >= 0.6 is 0 Å². The second-order valence-corrected chi connectivity index (χ2v) is 3.52. The lowest BCUT2D eigenvalue weighted by atomic mass is 10.3. The lowest BCUT2D eigenvalue weighted by Gasteiger charge is -2.21. The van der Waals surface area contributed by atoms with Gasteiger partial charge in [-0.15, -0.1) is 0 Å². The van der Waals surface area contributed by atoms with Gasteiger partial charge in [-0.25, -0.2) is 0 Å². The molecule has 78 valence electrons. The summed E-state index contributed by atoms with van der Waals surface area (Å²) in [5.41, 5.74) is 2.99. The van der Waals surface area contributed by atoms with Crippen LogP contribution in [0, 0.1) is 0 Å². The Morgan fingerprint density at radius 2 is 2.00 bits per heavy atom. The average Bonchev–Trinajstić information content (AvgIpc) is 2.65. The maximum Gasteiger partial charge on any atom is 0.243 e. The molecule has 0 saturated carbocycles. The third kappa shape index (κ3) is 2.80. The lowest BCUT2D eigenvalue weighted by molar-refractivity contribution is -0.129. The van der Waals surface area contributed by atoms with E-state index < -0.39 is 0 Å². The van der Waals surface area contributed by atoms with Gasteiger partial charge >= 0.3 is 0 Å². The van der Waals surface area contributed by atoms with Crippen LogP contribution in [0.3, 0.4) is 0 Å². The van der Waals surface area contributed by atoms with Gasteiger partial charge in [0.1, 0.15) is 6.54 Å². The number of aromatic nitrogens is 1. The minimum Gasteiger partial charge on any atom is -0.342 e. The van der Waals surface area contributed by atoms with Gasteiger partial charge in [-0.1, -0.05) is 0 Å². The van der Waals surface area contributed by atoms with Crippen LogP contribution in [-0.4, -0.2) is 35.1 Å². The molecule has 0 bridgehead atoms. The Balaban J connectivity index is 2.35. The Hall–Kier alpha value is -1.45. The highest BCUT2D eigenvalue weighted by atomic mass is 16.2. The molecule has 0 aliphatic heterocycles. The molecule has 4 heteroatoms. The van der Waals surface area contributed by atoms with Gasteiger partial charge in [0.25, 0.3) is 0 Å². The number of rotatable bonds is 4. The number of hydrogen-bond donors (Lipinski definition) is 1. The van der Waals surface area contributed by atoms with Gasteiger partial charge < -0.3 is 10.3 Å². The van der Waals surface area contributed by atoms with E-state index in [2.05, 4.69) is 5.43 Å². The van der Waals surface area contributed by atoms with E-state index in [1.54, 1.807) is 9.58 Å². The summed E-state index contributed by atoms with van der Waals surface area (Å²) >= 11 is 0. The van der Waals surface area contributed by atoms with E-state index in [-0.39, 0.29) is 11.9 Å². The molecule has 1 amide bonds. The highest BCUT2D eigenvalue weighted by Gasteiger charge is 2.10. The van der Waals surface area contributed by atoms with Crippen LogP contribution in [0.15, 0.2) is 24.5 Å². The molecule has 0 aliphatic carbocycles. The van der Waals surface area contributed by atoms with Crippen molar-refractivity contribution in [2.45, 2.75) is 19.9 Å². The summed E-state index contributed by atoms with van der Waals surface area (Å²) in [7, 11) is 1.81. The van der Waals surface area contributed by atoms with Crippen LogP contribution in [-0.2, 0) is 4.79 Å². The van der Waals surface area contributed by atoms with E-state index in [1.165, 1.54) is 0 Å². The zero-order valence-corrected chi connectivity index (χ0v) is 8.90. The number of carbonyl (C=O) groups excluding carboxylic acids is 1. The topological polar surface area (TPSA) is 37.3 Å². The van der Waals surface area contributed by atoms with E-state index in [4.69, 9.17) is 0 Å². The Morgan fingerprint density at radius 1 is 1.43 bits per heavy atom. The summed E-state index contributed by atoms with van der Waals surface area (Å²) < 4.78 is 1.77. The van der Waals surface area contributed by atoms with E-state index in [1.807, 2.05) is 45.4 Å². The molecule has 1 N–H and O–H groups in total. The monoisotopic (exact) mass is 195 g/mol. The van der Waals surface area contributed by atoms with Crippen LogP contribution in [0.2, 0.25) is 0 Å². The molecule has 4 nitrogen and oxygen atoms in total. The van der Waals surface area contributed by atoms with Crippen LogP contribution < -0.4 is 5.43 Å². The molecule has 1 aromatic heterocycles. The number of carbonyl (C=O) groups is 1. The third-order valence-electron chi connectivity index (χ3n) is 2.19. The molecular weight excluding hydrogens is 178 g/mol. The fourth-order valence-electron chi connectivity index (χ4n) is 1.01. The van der Waals surface area contributed by atoms with Crippen molar-refractivity contribution in [3.05, 3.63) is 24.5 Å². The predicted molar refractivity (Wildman–Crippen MR) is 56.6 cm³/mol. The molecule has 14 heavy (non-hydrogen) atoms. The number of likely N-dealkylation sites (N-methyl/N-ethyl adjacent to an activating group) is 1. The standard InChI is InChI=1S/C10H17N3O/c1-9(2)12(3)10(14)8-11-13-6-4-5-7-13/h4-7,9,11H,8H2,1-3H3. The normalized spacial score (nSPS) is 10.3. The minimum atomic E-state index is 0.0914. The molecular formula is C10H17N3O. The van der Waals surface area contributed by atoms with Gasteiger partial charge in [-0.05, 0) is 26.0 Å². The largest absolute Gasteiger partial charge is 0.342 e. The third-order valence-corrected chi connectivity index (χ3v) is 2.19. The zero-order valence-electron chi connectivity index (χ0n) is 8.90. The van der Waals surface area contributed by atoms with Gasteiger partial charge in [-0.2, -0.15) is 0 Å². The quantitative estimate of drug-likeness (QED) is 0.775. The lowest BCUT2D eigenvalue weighted by Crippen LogP contribution is -2.38. The first-order valence-corrected chi connectivity index (χ1v) is 4.73. The summed E-state index contributed by atoms with van der Waals surface area (Å²) in [6.07, 6.45) is 3.73. The summed E-state index contributed by atoms with van der Waals surface area (Å²) in [6, 6.07) is 4.06. The molecule has 0 aromatic carbocycles. The Morgan fingerprint density at radius 3 is 2.50 bits per heavy atom. The van der Waals surface area contributed by atoms with Crippen molar-refractivity contribution in [3.63, 3.8) is 0 Å². The van der Waals surface area contributed by atoms with Crippen LogP contribution in [0.25, 0.3) is 0 Å². The van der Waals surface area contributed by atoms with Crippen LogP contribution in [0.4, 0.5) is 0 Å². The number of nitrogens with zero attached hydrogens (tertiary/aromatic N) is 2. The van der Waals surface area contributed by atoms with E-state index in [9.17, 15) is 4.79 Å². The summed E-state index contributed by atoms with van der Waals surface area (Å²) in [6.45, 7) is 4.31. The van der Waals surface area contributed by atoms with E-state index in [0.717, 1.165) is 0 Å². The van der Waals surface area contributed by atoms with Crippen molar-refractivity contribution in [1.82, 2.24) is 9.58 Å². The smallest absolute Gasteiger partial charge is 0.243 e. The minimum absolute atomic E-state index is 0.0914. The van der Waals surface area contributed by atoms with Crippen molar-refractivity contribution in [3.8, 4) is 0 Å². The Kier molecular flexibility index (Phi) is 3.56. The molecule has 1 heterocycles.